The Balaban J connectivity index is 1.36. The summed E-state index contributed by atoms with van der Waals surface area (Å²) in [5.74, 6) is -0.979. The molecule has 4 aromatic carbocycles. The van der Waals surface area contributed by atoms with Crippen molar-refractivity contribution in [2.75, 3.05) is 36.0 Å². The number of halogens is 1. The Labute approximate surface area is 244 Å². The van der Waals surface area contributed by atoms with Crippen LogP contribution in [0.15, 0.2) is 94.7 Å². The highest BCUT2D eigenvalue weighted by molar-refractivity contribution is 7.91. The lowest BCUT2D eigenvalue weighted by Gasteiger charge is -2.36. The number of hydrogen-bond donors (Lipinski definition) is 0. The molecule has 0 unspecified atom stereocenters. The van der Waals surface area contributed by atoms with Crippen molar-refractivity contribution in [2.45, 2.75) is 30.2 Å². The molecule has 2 amide bonds. The Bertz CT molecular complexity index is 1810. The third-order valence-corrected chi connectivity index (χ3v) is 9.89. The molecule has 0 N–H and O–H groups in total. The monoisotopic (exact) mass is 583 g/mol. The van der Waals surface area contributed by atoms with Crippen molar-refractivity contribution in [1.82, 2.24) is 4.90 Å². The van der Waals surface area contributed by atoms with Gasteiger partial charge in [-0.15, -0.1) is 0 Å². The van der Waals surface area contributed by atoms with Gasteiger partial charge in [-0.3, -0.25) is 9.59 Å². The summed E-state index contributed by atoms with van der Waals surface area (Å²) >= 11 is 0. The van der Waals surface area contributed by atoms with Gasteiger partial charge in [0.25, 0.3) is 11.8 Å². The maximum absolute atomic E-state index is 14.0. The van der Waals surface area contributed by atoms with Crippen LogP contribution in [0.3, 0.4) is 0 Å². The largest absolute Gasteiger partial charge is 0.368 e. The van der Waals surface area contributed by atoms with Gasteiger partial charge in [0.1, 0.15) is 5.82 Å². The van der Waals surface area contributed by atoms with Crippen LogP contribution in [-0.4, -0.2) is 51.3 Å². The van der Waals surface area contributed by atoms with Crippen LogP contribution in [0.4, 0.5) is 15.8 Å². The van der Waals surface area contributed by atoms with Crippen molar-refractivity contribution in [3.05, 3.63) is 119 Å². The van der Waals surface area contributed by atoms with Gasteiger partial charge in [0.2, 0.25) is 9.84 Å². The van der Waals surface area contributed by atoms with Crippen LogP contribution in [0, 0.1) is 19.7 Å². The summed E-state index contributed by atoms with van der Waals surface area (Å²) < 4.78 is 41.1. The van der Waals surface area contributed by atoms with E-state index in [1.807, 2.05) is 32.0 Å². The van der Waals surface area contributed by atoms with E-state index in [2.05, 4.69) is 4.90 Å². The number of rotatable bonds is 4. The van der Waals surface area contributed by atoms with E-state index in [0.717, 1.165) is 22.4 Å². The zero-order valence-corrected chi connectivity index (χ0v) is 24.2. The van der Waals surface area contributed by atoms with E-state index in [0.29, 0.717) is 31.7 Å². The Morgan fingerprint density at radius 1 is 0.833 bits per heavy atom. The summed E-state index contributed by atoms with van der Waals surface area (Å²) in [4.78, 5) is 32.9. The van der Waals surface area contributed by atoms with Gasteiger partial charge in [0, 0.05) is 37.4 Å². The molecule has 0 radical (unpaired) electrons. The first-order valence-electron chi connectivity index (χ1n) is 13.8. The van der Waals surface area contributed by atoms with Gasteiger partial charge in [-0.25, -0.2) is 12.8 Å². The van der Waals surface area contributed by atoms with Crippen LogP contribution >= 0.6 is 0 Å². The summed E-state index contributed by atoms with van der Waals surface area (Å²) in [6.07, 6.45) is 0. The molecule has 0 spiro atoms. The van der Waals surface area contributed by atoms with Crippen LogP contribution in [0.2, 0.25) is 0 Å². The van der Waals surface area contributed by atoms with Gasteiger partial charge in [0.15, 0.2) is 0 Å². The van der Waals surface area contributed by atoms with E-state index < -0.39 is 15.7 Å². The molecule has 9 heteroatoms. The van der Waals surface area contributed by atoms with Crippen molar-refractivity contribution in [3.8, 4) is 0 Å². The highest BCUT2D eigenvalue weighted by Crippen LogP contribution is 2.38. The lowest BCUT2D eigenvalue weighted by molar-refractivity contribution is 0.0746. The number of amides is 2. The van der Waals surface area contributed by atoms with Crippen molar-refractivity contribution in [2.24, 2.45) is 0 Å². The van der Waals surface area contributed by atoms with Crippen molar-refractivity contribution in [3.63, 3.8) is 0 Å². The quantitative estimate of drug-likeness (QED) is 0.322. The number of fused-ring (bicyclic) bond motifs is 2. The standard InChI is InChI=1S/C33H30FN3O4S/c1-22-7-8-23(2)25(19-22)21-37-29-20-24(9-14-31(29)42(40,41)30-6-4-3-5-28(30)33(37)39)32(38)36-17-15-35(16-18-36)27-12-10-26(34)11-13-27/h3-14,19-20H,15-18,21H2,1-2H3. The molecule has 2 aliphatic heterocycles. The normalized spacial score (nSPS) is 16.1. The second-order valence-electron chi connectivity index (χ2n) is 10.8. The minimum atomic E-state index is -4.04. The van der Waals surface area contributed by atoms with Crippen molar-refractivity contribution >= 4 is 33.0 Å². The van der Waals surface area contributed by atoms with Gasteiger partial charge >= 0.3 is 0 Å². The molecule has 2 aliphatic rings. The number of carbonyl (C=O) groups is 2. The van der Waals surface area contributed by atoms with Crippen LogP contribution < -0.4 is 9.80 Å². The number of carbonyl (C=O) groups excluding carboxylic acids is 2. The third kappa shape index (κ3) is 4.94. The molecule has 0 aromatic heterocycles. The summed E-state index contributed by atoms with van der Waals surface area (Å²) in [6.45, 7) is 6.11. The minimum Gasteiger partial charge on any atom is -0.368 e. The van der Waals surface area contributed by atoms with Gasteiger partial charge in [-0.1, -0.05) is 35.9 Å². The number of piperazine rings is 1. The third-order valence-electron chi connectivity index (χ3n) is 8.03. The summed E-state index contributed by atoms with van der Waals surface area (Å²) in [6, 6.07) is 23.0. The van der Waals surface area contributed by atoms with Gasteiger partial charge in [0.05, 0.1) is 27.6 Å². The fourth-order valence-electron chi connectivity index (χ4n) is 5.64. The SMILES string of the molecule is Cc1ccc(C)c(CN2C(=O)c3ccccc3S(=O)(=O)c3ccc(C(=O)N4CCN(c5ccc(F)cc5)CC4)cc32)c1. The average molecular weight is 584 g/mol. The highest BCUT2D eigenvalue weighted by Gasteiger charge is 2.36. The zero-order chi connectivity index (χ0) is 29.6. The molecule has 0 atom stereocenters. The minimum absolute atomic E-state index is 0.0104. The Kier molecular flexibility index (Phi) is 7.06. The summed E-state index contributed by atoms with van der Waals surface area (Å²) in [7, 11) is -4.04. The fourth-order valence-corrected chi connectivity index (χ4v) is 7.27. The summed E-state index contributed by atoms with van der Waals surface area (Å²) in [5.41, 5.74) is 4.37. The molecule has 214 valence electrons. The maximum Gasteiger partial charge on any atom is 0.259 e. The number of sulfone groups is 1. The topological polar surface area (TPSA) is 78.0 Å². The van der Waals surface area contributed by atoms with Crippen molar-refractivity contribution < 1.29 is 22.4 Å². The molecule has 0 saturated carbocycles. The van der Waals surface area contributed by atoms with Crippen LogP contribution in [0.1, 0.15) is 37.4 Å². The van der Waals surface area contributed by atoms with E-state index in [1.165, 1.54) is 47.4 Å². The van der Waals surface area contributed by atoms with Crippen LogP contribution in [-0.2, 0) is 16.4 Å². The molecule has 7 nitrogen and oxygen atoms in total. The lowest BCUT2D eigenvalue weighted by atomic mass is 10.0. The summed E-state index contributed by atoms with van der Waals surface area (Å²) in [5, 5.41) is 0. The molecule has 4 aromatic rings. The lowest BCUT2D eigenvalue weighted by Crippen LogP contribution is -2.48. The molecule has 1 fully saturated rings. The van der Waals surface area contributed by atoms with Crippen molar-refractivity contribution in [1.29, 1.82) is 0 Å². The van der Waals surface area contributed by atoms with E-state index in [9.17, 15) is 22.4 Å². The molecule has 2 heterocycles. The number of hydrogen-bond acceptors (Lipinski definition) is 5. The zero-order valence-electron chi connectivity index (χ0n) is 23.4. The van der Waals surface area contributed by atoms with Crippen LogP contribution in [0.25, 0.3) is 0 Å². The molecular weight excluding hydrogens is 553 g/mol. The first-order chi connectivity index (χ1) is 20.1. The molecule has 0 aliphatic carbocycles. The fraction of sp³-hybridized carbons (Fsp3) is 0.212. The Morgan fingerprint density at radius 2 is 1.55 bits per heavy atom. The van der Waals surface area contributed by atoms with Gasteiger partial charge < -0.3 is 14.7 Å². The Hall–Kier alpha value is -4.50. The second kappa shape index (κ2) is 10.7. The van der Waals surface area contributed by atoms with E-state index in [4.69, 9.17) is 0 Å². The first-order valence-corrected chi connectivity index (χ1v) is 15.3. The maximum atomic E-state index is 14.0. The number of aryl methyl sites for hydroxylation is 2. The molecule has 42 heavy (non-hydrogen) atoms. The average Bonchev–Trinajstić information content (AvgIpc) is 3.07. The van der Waals surface area contributed by atoms with Gasteiger partial charge in [-0.2, -0.15) is 0 Å². The predicted octanol–water partition coefficient (Wildman–Crippen LogP) is 5.40. The molecule has 6 rings (SSSR count). The smallest absolute Gasteiger partial charge is 0.259 e. The number of benzene rings is 4. The predicted molar refractivity (Wildman–Crippen MR) is 159 cm³/mol. The van der Waals surface area contributed by atoms with E-state index in [1.54, 1.807) is 29.2 Å². The van der Waals surface area contributed by atoms with E-state index in [-0.39, 0.29) is 39.3 Å². The second-order valence-corrected chi connectivity index (χ2v) is 12.6. The van der Waals surface area contributed by atoms with Gasteiger partial charge in [-0.05, 0) is 79.6 Å². The Morgan fingerprint density at radius 3 is 2.29 bits per heavy atom. The first kappa shape index (κ1) is 27.7. The highest BCUT2D eigenvalue weighted by atomic mass is 32.2. The number of anilines is 2. The van der Waals surface area contributed by atoms with Crippen LogP contribution in [0.5, 0.6) is 0 Å². The molecule has 0 bridgehead atoms. The van der Waals surface area contributed by atoms with E-state index >= 15 is 0 Å². The molecule has 1 saturated heterocycles. The molecular formula is C33H30FN3O4S. The number of nitrogens with zero attached hydrogens (tertiary/aromatic N) is 3.